The zero-order chi connectivity index (χ0) is 30.0. The topological polar surface area (TPSA) is 92.6 Å². The number of rotatable bonds is 9. The molecular weight excluding hydrogens is 572 g/mol. The number of sulfonamides is 1. The quantitative estimate of drug-likeness (QED) is 0.320. The first-order chi connectivity index (χ1) is 20.1. The van der Waals surface area contributed by atoms with Gasteiger partial charge in [-0.3, -0.25) is 14.3 Å². The lowest BCUT2D eigenvalue weighted by Gasteiger charge is -2.30. The van der Waals surface area contributed by atoms with Crippen LogP contribution >= 0.6 is 11.6 Å². The van der Waals surface area contributed by atoms with Crippen molar-refractivity contribution in [1.29, 1.82) is 0 Å². The van der Waals surface area contributed by atoms with E-state index >= 15 is 0 Å². The number of nitrogens with zero attached hydrogens (tertiary/aromatic N) is 4. The standard InChI is InChI=1S/C32H39ClN4O4S/c1-4-42(40,41)36-15-13-23(14-16-36)5-9-28(38)10-6-24-7-11-29(22(2)17-24)32(39)37-21-26-20-34-35(3)31(26)19-25-18-27(33)8-12-30(25)37/h7-8,11-12,17-18,20,23H,4-6,9-10,13-16,19,21H2,1-3H3. The van der Waals surface area contributed by atoms with Crippen molar-refractivity contribution in [2.45, 2.75) is 65.3 Å². The molecule has 224 valence electrons. The van der Waals surface area contributed by atoms with Gasteiger partial charge in [-0.15, -0.1) is 0 Å². The minimum atomic E-state index is -3.13. The van der Waals surface area contributed by atoms with E-state index in [1.54, 1.807) is 11.2 Å². The Hall–Kier alpha value is -3.01. The Bertz CT molecular complexity index is 1590. The number of Topliss-reactive ketones (excluding diaryl/α,β-unsaturated/α-hetero) is 1. The highest BCUT2D eigenvalue weighted by Crippen LogP contribution is 2.34. The van der Waals surface area contributed by atoms with Crippen LogP contribution in [0.1, 0.15) is 77.3 Å². The van der Waals surface area contributed by atoms with E-state index < -0.39 is 10.0 Å². The van der Waals surface area contributed by atoms with Gasteiger partial charge < -0.3 is 4.90 Å². The molecule has 0 aliphatic carbocycles. The molecule has 1 saturated heterocycles. The van der Waals surface area contributed by atoms with Crippen molar-refractivity contribution in [1.82, 2.24) is 14.1 Å². The number of carbonyl (C=O) groups is 2. The van der Waals surface area contributed by atoms with Crippen LogP contribution in [0.25, 0.3) is 0 Å². The Morgan fingerprint density at radius 3 is 2.52 bits per heavy atom. The second-order valence-corrected chi connectivity index (χ2v) is 14.2. The van der Waals surface area contributed by atoms with Gasteiger partial charge in [-0.25, -0.2) is 12.7 Å². The molecule has 0 bridgehead atoms. The second kappa shape index (κ2) is 12.7. The molecule has 0 spiro atoms. The minimum Gasteiger partial charge on any atom is -0.304 e. The SMILES string of the molecule is CCS(=O)(=O)N1CCC(CCC(=O)CCc2ccc(C(=O)N3Cc4cnn(C)c4Cc4cc(Cl)ccc43)c(C)c2)CC1. The largest absolute Gasteiger partial charge is 0.304 e. The maximum atomic E-state index is 13.9. The summed E-state index contributed by atoms with van der Waals surface area (Å²) in [6.45, 7) is 5.16. The Labute approximate surface area is 253 Å². The van der Waals surface area contributed by atoms with Crippen molar-refractivity contribution in [2.75, 3.05) is 23.7 Å². The monoisotopic (exact) mass is 610 g/mol. The lowest BCUT2D eigenvalue weighted by atomic mass is 9.91. The number of fused-ring (bicyclic) bond motifs is 2. The van der Waals surface area contributed by atoms with Gasteiger partial charge in [-0.05, 0) is 86.4 Å². The smallest absolute Gasteiger partial charge is 0.258 e. The summed E-state index contributed by atoms with van der Waals surface area (Å²) in [5, 5.41) is 5.05. The van der Waals surface area contributed by atoms with Crippen LogP contribution in [-0.2, 0) is 41.3 Å². The molecule has 2 aliphatic rings. The van der Waals surface area contributed by atoms with Crippen molar-refractivity contribution in [3.05, 3.63) is 81.1 Å². The molecule has 0 N–H and O–H groups in total. The van der Waals surface area contributed by atoms with E-state index in [-0.39, 0.29) is 17.4 Å². The molecule has 0 saturated carbocycles. The van der Waals surface area contributed by atoms with Crippen LogP contribution in [-0.4, -0.2) is 53.0 Å². The fraction of sp³-hybridized carbons (Fsp3) is 0.469. The van der Waals surface area contributed by atoms with E-state index in [1.807, 2.05) is 66.1 Å². The molecule has 0 unspecified atom stereocenters. The van der Waals surface area contributed by atoms with Crippen molar-refractivity contribution < 1.29 is 18.0 Å². The van der Waals surface area contributed by atoms with Gasteiger partial charge in [0.1, 0.15) is 5.78 Å². The normalized spacial score (nSPS) is 16.1. The summed E-state index contributed by atoms with van der Waals surface area (Å²) in [6, 6.07) is 11.5. The van der Waals surface area contributed by atoms with Gasteiger partial charge in [0.25, 0.3) is 5.91 Å². The van der Waals surface area contributed by atoms with Crippen LogP contribution in [0.5, 0.6) is 0 Å². The summed E-state index contributed by atoms with van der Waals surface area (Å²) in [7, 11) is -1.21. The molecule has 1 aromatic heterocycles. The van der Waals surface area contributed by atoms with Gasteiger partial charge in [-0.1, -0.05) is 23.7 Å². The van der Waals surface area contributed by atoms with E-state index in [9.17, 15) is 18.0 Å². The third kappa shape index (κ3) is 6.63. The van der Waals surface area contributed by atoms with E-state index in [0.717, 1.165) is 52.9 Å². The van der Waals surface area contributed by atoms with Crippen LogP contribution in [0, 0.1) is 12.8 Å². The van der Waals surface area contributed by atoms with Gasteiger partial charge in [0.05, 0.1) is 18.5 Å². The Balaban J connectivity index is 1.19. The highest BCUT2D eigenvalue weighted by Gasteiger charge is 2.29. The predicted octanol–water partition coefficient (Wildman–Crippen LogP) is 5.48. The number of ketones is 1. The molecule has 1 amide bonds. The second-order valence-electron chi connectivity index (χ2n) is 11.6. The summed E-state index contributed by atoms with van der Waals surface area (Å²) >= 11 is 6.32. The maximum absolute atomic E-state index is 13.9. The molecule has 2 aliphatic heterocycles. The number of anilines is 1. The highest BCUT2D eigenvalue weighted by molar-refractivity contribution is 7.89. The summed E-state index contributed by atoms with van der Waals surface area (Å²) in [5.41, 5.74) is 6.48. The molecule has 2 aromatic carbocycles. The molecule has 0 atom stereocenters. The molecule has 10 heteroatoms. The minimum absolute atomic E-state index is 0.0758. The zero-order valence-corrected chi connectivity index (χ0v) is 26.2. The van der Waals surface area contributed by atoms with Crippen LogP contribution < -0.4 is 4.90 Å². The fourth-order valence-corrected chi connectivity index (χ4v) is 7.47. The third-order valence-electron chi connectivity index (χ3n) is 8.79. The van der Waals surface area contributed by atoms with Gasteiger partial charge in [-0.2, -0.15) is 5.10 Å². The molecule has 3 heterocycles. The van der Waals surface area contributed by atoms with Crippen molar-refractivity contribution >= 4 is 39.0 Å². The van der Waals surface area contributed by atoms with E-state index in [0.29, 0.717) is 61.8 Å². The lowest BCUT2D eigenvalue weighted by molar-refractivity contribution is -0.119. The Morgan fingerprint density at radius 1 is 1.05 bits per heavy atom. The number of hydrogen-bond donors (Lipinski definition) is 0. The average Bonchev–Trinajstić information content (AvgIpc) is 3.22. The predicted molar refractivity (Wildman–Crippen MR) is 165 cm³/mol. The molecule has 5 rings (SSSR count). The summed E-state index contributed by atoms with van der Waals surface area (Å²) in [5.74, 6) is 0.683. The van der Waals surface area contributed by atoms with Gasteiger partial charge in [0, 0.05) is 66.9 Å². The van der Waals surface area contributed by atoms with Crippen molar-refractivity contribution in [3.63, 3.8) is 0 Å². The highest BCUT2D eigenvalue weighted by atomic mass is 35.5. The molecule has 3 aromatic rings. The fourth-order valence-electron chi connectivity index (χ4n) is 6.14. The third-order valence-corrected chi connectivity index (χ3v) is 10.9. The lowest BCUT2D eigenvalue weighted by Crippen LogP contribution is -2.39. The van der Waals surface area contributed by atoms with Crippen molar-refractivity contribution in [3.8, 4) is 0 Å². The van der Waals surface area contributed by atoms with Crippen LogP contribution in [0.2, 0.25) is 5.02 Å². The Morgan fingerprint density at radius 2 is 1.81 bits per heavy atom. The number of benzene rings is 2. The average molecular weight is 611 g/mol. The summed E-state index contributed by atoms with van der Waals surface area (Å²) < 4.78 is 27.6. The number of piperidine rings is 1. The number of hydrogen-bond acceptors (Lipinski definition) is 5. The number of halogens is 1. The summed E-state index contributed by atoms with van der Waals surface area (Å²) in [4.78, 5) is 28.4. The number of amides is 1. The van der Waals surface area contributed by atoms with Gasteiger partial charge in [0.2, 0.25) is 10.0 Å². The van der Waals surface area contributed by atoms with Crippen LogP contribution in [0.4, 0.5) is 5.69 Å². The molecule has 42 heavy (non-hydrogen) atoms. The molecule has 0 radical (unpaired) electrons. The molecule has 8 nitrogen and oxygen atoms in total. The van der Waals surface area contributed by atoms with Gasteiger partial charge >= 0.3 is 0 Å². The van der Waals surface area contributed by atoms with Crippen molar-refractivity contribution in [2.24, 2.45) is 13.0 Å². The number of aromatic nitrogens is 2. The number of aryl methyl sites for hydroxylation is 3. The Kier molecular flexibility index (Phi) is 9.20. The summed E-state index contributed by atoms with van der Waals surface area (Å²) in [6.07, 6.45) is 6.54. The van der Waals surface area contributed by atoms with Crippen LogP contribution in [0.15, 0.2) is 42.6 Å². The van der Waals surface area contributed by atoms with Gasteiger partial charge in [0.15, 0.2) is 0 Å². The number of carbonyl (C=O) groups excluding carboxylic acids is 2. The molecular formula is C32H39ClN4O4S. The first-order valence-corrected chi connectivity index (χ1v) is 16.7. The first kappa shape index (κ1) is 30.4. The maximum Gasteiger partial charge on any atom is 0.258 e. The first-order valence-electron chi connectivity index (χ1n) is 14.7. The van der Waals surface area contributed by atoms with E-state index in [2.05, 4.69) is 5.10 Å². The van der Waals surface area contributed by atoms with E-state index in [4.69, 9.17) is 11.6 Å². The zero-order valence-electron chi connectivity index (χ0n) is 24.6. The van der Waals surface area contributed by atoms with E-state index in [1.165, 1.54) is 0 Å². The molecule has 1 fully saturated rings. The van der Waals surface area contributed by atoms with Crippen LogP contribution in [0.3, 0.4) is 0 Å².